The fourth-order valence-electron chi connectivity index (χ4n) is 3.13. The number of oxazole rings is 1. The second-order valence-electron chi connectivity index (χ2n) is 6.17. The van der Waals surface area contributed by atoms with Gasteiger partial charge in [-0.2, -0.15) is 0 Å². The van der Waals surface area contributed by atoms with Gasteiger partial charge in [-0.1, -0.05) is 44.7 Å². The van der Waals surface area contributed by atoms with Crippen molar-refractivity contribution in [1.82, 2.24) is 10.3 Å². The number of hydrogen-bond acceptors (Lipinski definition) is 4. The summed E-state index contributed by atoms with van der Waals surface area (Å²) >= 11 is 1.79. The molecule has 1 aromatic heterocycles. The number of hydrogen-bond donors (Lipinski definition) is 1. The van der Waals surface area contributed by atoms with Crippen molar-refractivity contribution in [3.05, 3.63) is 24.3 Å². The second-order valence-corrected chi connectivity index (χ2v) is 7.36. The van der Waals surface area contributed by atoms with Gasteiger partial charge >= 0.3 is 0 Å². The SMILES string of the molecule is CCNC1C(Sc2nc3ccccc3o2)CCC1(C)C. The van der Waals surface area contributed by atoms with Crippen molar-refractivity contribution in [3.8, 4) is 0 Å². The fourth-order valence-corrected chi connectivity index (χ4v) is 4.51. The molecular formula is C16H22N2OS. The van der Waals surface area contributed by atoms with Gasteiger partial charge in [-0.15, -0.1) is 0 Å². The number of nitrogens with zero attached hydrogens (tertiary/aromatic N) is 1. The highest BCUT2D eigenvalue weighted by molar-refractivity contribution is 7.99. The Kier molecular flexibility index (Phi) is 3.78. The van der Waals surface area contributed by atoms with Crippen molar-refractivity contribution in [1.29, 1.82) is 0 Å². The van der Waals surface area contributed by atoms with E-state index in [1.807, 2.05) is 24.3 Å². The molecule has 1 saturated carbocycles. The third-order valence-corrected chi connectivity index (χ3v) is 5.42. The number of fused-ring (bicyclic) bond motifs is 1. The number of aromatic nitrogens is 1. The summed E-state index contributed by atoms with van der Waals surface area (Å²) in [6.45, 7) is 7.90. The van der Waals surface area contributed by atoms with Crippen molar-refractivity contribution in [2.45, 2.75) is 50.1 Å². The van der Waals surface area contributed by atoms with Gasteiger partial charge in [0.05, 0.1) is 0 Å². The maximum absolute atomic E-state index is 5.85. The predicted octanol–water partition coefficient (Wildman–Crippen LogP) is 4.09. The first-order valence-electron chi connectivity index (χ1n) is 7.36. The van der Waals surface area contributed by atoms with E-state index in [-0.39, 0.29) is 0 Å². The Balaban J connectivity index is 1.79. The minimum absolute atomic E-state index is 0.347. The summed E-state index contributed by atoms with van der Waals surface area (Å²) in [5, 5.41) is 4.99. The zero-order chi connectivity index (χ0) is 14.2. The van der Waals surface area contributed by atoms with E-state index < -0.39 is 0 Å². The Morgan fingerprint density at radius 2 is 2.20 bits per heavy atom. The zero-order valence-electron chi connectivity index (χ0n) is 12.3. The third kappa shape index (κ3) is 2.59. The number of thioether (sulfide) groups is 1. The van der Waals surface area contributed by atoms with E-state index in [4.69, 9.17) is 4.42 Å². The fraction of sp³-hybridized carbons (Fsp3) is 0.562. The van der Waals surface area contributed by atoms with Crippen LogP contribution in [0, 0.1) is 5.41 Å². The Labute approximate surface area is 124 Å². The molecule has 2 aromatic rings. The topological polar surface area (TPSA) is 38.1 Å². The summed E-state index contributed by atoms with van der Waals surface area (Å²) in [7, 11) is 0. The first kappa shape index (κ1) is 14.0. The highest BCUT2D eigenvalue weighted by atomic mass is 32.2. The molecule has 20 heavy (non-hydrogen) atoms. The molecule has 4 heteroatoms. The zero-order valence-corrected chi connectivity index (χ0v) is 13.2. The van der Waals surface area contributed by atoms with Crippen LogP contribution in [0.1, 0.15) is 33.6 Å². The van der Waals surface area contributed by atoms with Crippen molar-refractivity contribution in [2.75, 3.05) is 6.54 Å². The molecule has 0 spiro atoms. The van der Waals surface area contributed by atoms with Gasteiger partial charge in [0.15, 0.2) is 5.58 Å². The second kappa shape index (κ2) is 5.41. The van der Waals surface area contributed by atoms with Gasteiger partial charge in [0.2, 0.25) is 0 Å². The number of benzene rings is 1. The smallest absolute Gasteiger partial charge is 0.257 e. The van der Waals surface area contributed by atoms with Gasteiger partial charge in [-0.05, 0) is 36.9 Å². The van der Waals surface area contributed by atoms with Crippen LogP contribution in [0.3, 0.4) is 0 Å². The van der Waals surface area contributed by atoms with Gasteiger partial charge in [-0.3, -0.25) is 0 Å². The highest BCUT2D eigenvalue weighted by Gasteiger charge is 2.42. The molecule has 0 aliphatic heterocycles. The van der Waals surface area contributed by atoms with E-state index in [9.17, 15) is 0 Å². The lowest BCUT2D eigenvalue weighted by molar-refractivity contribution is 0.290. The summed E-state index contributed by atoms with van der Waals surface area (Å²) in [6, 6.07) is 8.49. The average Bonchev–Trinajstić information content (AvgIpc) is 2.94. The number of para-hydroxylation sites is 2. The monoisotopic (exact) mass is 290 g/mol. The Bertz CT molecular complexity index is 560. The largest absolute Gasteiger partial charge is 0.431 e. The van der Waals surface area contributed by atoms with Crippen LogP contribution in [0.5, 0.6) is 0 Å². The minimum atomic E-state index is 0.347. The summed E-state index contributed by atoms with van der Waals surface area (Å²) in [4.78, 5) is 4.59. The molecular weight excluding hydrogens is 268 g/mol. The van der Waals surface area contributed by atoms with Crippen LogP contribution in [0.25, 0.3) is 11.1 Å². The van der Waals surface area contributed by atoms with Crippen molar-refractivity contribution < 1.29 is 4.42 Å². The normalized spacial score (nSPS) is 25.4. The standard InChI is InChI=1S/C16H22N2OS/c1-4-17-14-13(9-10-16(14,2)3)20-15-18-11-7-5-6-8-12(11)19-15/h5-8,13-14,17H,4,9-10H2,1-3H3. The van der Waals surface area contributed by atoms with Crippen LogP contribution < -0.4 is 5.32 Å². The van der Waals surface area contributed by atoms with Crippen LogP contribution in [-0.2, 0) is 0 Å². The number of nitrogens with one attached hydrogen (secondary N) is 1. The lowest BCUT2D eigenvalue weighted by Gasteiger charge is -2.30. The van der Waals surface area contributed by atoms with Gasteiger partial charge in [0.25, 0.3) is 5.22 Å². The molecule has 0 radical (unpaired) electrons. The molecule has 3 rings (SSSR count). The molecule has 0 amide bonds. The maximum Gasteiger partial charge on any atom is 0.257 e. The molecule has 1 aliphatic rings. The Hall–Kier alpha value is -1.00. The van der Waals surface area contributed by atoms with E-state index in [0.29, 0.717) is 16.7 Å². The molecule has 1 aliphatic carbocycles. The summed E-state index contributed by atoms with van der Waals surface area (Å²) < 4.78 is 5.85. The summed E-state index contributed by atoms with van der Waals surface area (Å²) in [6.07, 6.45) is 2.47. The van der Waals surface area contributed by atoms with Gasteiger partial charge in [-0.25, -0.2) is 4.98 Å². The Morgan fingerprint density at radius 1 is 1.40 bits per heavy atom. The van der Waals surface area contributed by atoms with Crippen LogP contribution >= 0.6 is 11.8 Å². The van der Waals surface area contributed by atoms with Gasteiger partial charge in [0, 0.05) is 11.3 Å². The lowest BCUT2D eigenvalue weighted by Crippen LogP contribution is -2.43. The van der Waals surface area contributed by atoms with Crippen LogP contribution in [-0.4, -0.2) is 22.8 Å². The molecule has 0 bridgehead atoms. The third-order valence-electron chi connectivity index (χ3n) is 4.24. The maximum atomic E-state index is 5.85. The molecule has 2 unspecified atom stereocenters. The molecule has 1 heterocycles. The molecule has 1 N–H and O–H groups in total. The van der Waals surface area contributed by atoms with Crippen LogP contribution in [0.2, 0.25) is 0 Å². The highest BCUT2D eigenvalue weighted by Crippen LogP contribution is 2.45. The molecule has 108 valence electrons. The van der Waals surface area contributed by atoms with E-state index in [1.165, 1.54) is 12.8 Å². The minimum Gasteiger partial charge on any atom is -0.431 e. The number of rotatable bonds is 4. The van der Waals surface area contributed by atoms with Crippen LogP contribution in [0.4, 0.5) is 0 Å². The van der Waals surface area contributed by atoms with E-state index in [1.54, 1.807) is 11.8 Å². The van der Waals surface area contributed by atoms with E-state index >= 15 is 0 Å². The Morgan fingerprint density at radius 3 is 2.95 bits per heavy atom. The molecule has 3 nitrogen and oxygen atoms in total. The first-order chi connectivity index (χ1) is 9.60. The van der Waals surface area contributed by atoms with Crippen molar-refractivity contribution in [2.24, 2.45) is 5.41 Å². The molecule has 1 fully saturated rings. The molecule has 2 atom stereocenters. The van der Waals surface area contributed by atoms with Gasteiger partial charge < -0.3 is 9.73 Å². The summed E-state index contributed by atoms with van der Waals surface area (Å²) in [5.74, 6) is 0. The van der Waals surface area contributed by atoms with Crippen molar-refractivity contribution in [3.63, 3.8) is 0 Å². The molecule has 0 saturated heterocycles. The first-order valence-corrected chi connectivity index (χ1v) is 8.24. The van der Waals surface area contributed by atoms with E-state index in [2.05, 4.69) is 31.1 Å². The van der Waals surface area contributed by atoms with Crippen LogP contribution in [0.15, 0.2) is 33.9 Å². The quantitative estimate of drug-likeness (QED) is 0.920. The van der Waals surface area contributed by atoms with Gasteiger partial charge in [0.1, 0.15) is 5.52 Å². The lowest BCUT2D eigenvalue weighted by atomic mass is 9.87. The van der Waals surface area contributed by atoms with Crippen molar-refractivity contribution >= 4 is 22.9 Å². The average molecular weight is 290 g/mol. The predicted molar refractivity (Wildman–Crippen MR) is 84.1 cm³/mol. The van der Waals surface area contributed by atoms with E-state index in [0.717, 1.165) is 22.9 Å². The molecule has 1 aromatic carbocycles. The summed E-state index contributed by atoms with van der Waals surface area (Å²) in [5.41, 5.74) is 2.18.